The summed E-state index contributed by atoms with van der Waals surface area (Å²) in [5, 5.41) is 0. The molecule has 0 atom stereocenters. The number of hydrogen-bond donors (Lipinski definition) is 3. The lowest BCUT2D eigenvalue weighted by atomic mass is 10.4. The molecule has 0 saturated carbocycles. The van der Waals surface area contributed by atoms with Gasteiger partial charge in [-0.25, -0.2) is 4.98 Å². The summed E-state index contributed by atoms with van der Waals surface area (Å²) in [6, 6.07) is 0. The SMILES string of the molecule is Br.Br.Br.NCCSCc1nc[nH]c1CSCCN. The lowest BCUT2D eigenvalue weighted by molar-refractivity contribution is 1.12. The maximum atomic E-state index is 5.44. The molecule has 18 heavy (non-hydrogen) atoms. The topological polar surface area (TPSA) is 80.7 Å². The van der Waals surface area contributed by atoms with Crippen molar-refractivity contribution in [3.63, 3.8) is 0 Å². The van der Waals surface area contributed by atoms with Crippen LogP contribution >= 0.6 is 74.5 Å². The van der Waals surface area contributed by atoms with E-state index in [1.54, 1.807) is 6.33 Å². The number of rotatable bonds is 8. The van der Waals surface area contributed by atoms with E-state index in [0.717, 1.165) is 41.8 Å². The molecule has 0 aliphatic carbocycles. The van der Waals surface area contributed by atoms with Crippen LogP contribution < -0.4 is 11.5 Å². The molecule has 0 spiro atoms. The van der Waals surface area contributed by atoms with E-state index in [1.807, 2.05) is 23.5 Å². The highest BCUT2D eigenvalue weighted by molar-refractivity contribution is 8.93. The van der Waals surface area contributed by atoms with Gasteiger partial charge in [-0.3, -0.25) is 0 Å². The van der Waals surface area contributed by atoms with Crippen LogP contribution in [0.4, 0.5) is 0 Å². The van der Waals surface area contributed by atoms with E-state index in [0.29, 0.717) is 0 Å². The van der Waals surface area contributed by atoms with E-state index >= 15 is 0 Å². The van der Waals surface area contributed by atoms with Crippen LogP contribution in [0.5, 0.6) is 0 Å². The molecule has 1 aromatic rings. The predicted octanol–water partition coefficient (Wildman–Crippen LogP) is 2.53. The number of halogens is 3. The van der Waals surface area contributed by atoms with Crippen LogP contribution in [0.2, 0.25) is 0 Å². The summed E-state index contributed by atoms with van der Waals surface area (Å²) in [6.07, 6.45) is 1.76. The minimum atomic E-state index is 0. The Morgan fingerprint density at radius 3 is 2.11 bits per heavy atom. The van der Waals surface area contributed by atoms with Crippen molar-refractivity contribution in [2.24, 2.45) is 11.5 Å². The van der Waals surface area contributed by atoms with Gasteiger partial charge in [-0.1, -0.05) is 0 Å². The van der Waals surface area contributed by atoms with E-state index in [1.165, 1.54) is 5.69 Å². The van der Waals surface area contributed by atoms with Gasteiger partial charge in [0.25, 0.3) is 0 Å². The minimum Gasteiger partial charge on any atom is -0.348 e. The van der Waals surface area contributed by atoms with Crippen molar-refractivity contribution in [1.29, 1.82) is 0 Å². The summed E-state index contributed by atoms with van der Waals surface area (Å²) in [5.41, 5.74) is 13.2. The molecule has 1 heterocycles. The fourth-order valence-corrected chi connectivity index (χ4v) is 2.63. The highest BCUT2D eigenvalue weighted by atomic mass is 79.9. The summed E-state index contributed by atoms with van der Waals surface area (Å²) in [7, 11) is 0. The first kappa shape index (κ1) is 24.3. The largest absolute Gasteiger partial charge is 0.348 e. The third-order valence-electron chi connectivity index (χ3n) is 1.82. The number of aromatic amines is 1. The molecular weight excluding hydrogens is 468 g/mol. The number of hydrogen-bond acceptors (Lipinski definition) is 5. The number of nitrogens with one attached hydrogen (secondary N) is 1. The molecule has 0 amide bonds. The molecule has 0 saturated heterocycles. The average molecular weight is 489 g/mol. The van der Waals surface area contributed by atoms with E-state index < -0.39 is 0 Å². The second-order valence-electron chi connectivity index (χ2n) is 3.01. The van der Waals surface area contributed by atoms with Gasteiger partial charge in [0.1, 0.15) is 0 Å². The van der Waals surface area contributed by atoms with Crippen molar-refractivity contribution < 1.29 is 0 Å². The van der Waals surface area contributed by atoms with Gasteiger partial charge in [0.2, 0.25) is 0 Å². The molecule has 9 heteroatoms. The maximum absolute atomic E-state index is 5.44. The molecule has 0 unspecified atom stereocenters. The smallest absolute Gasteiger partial charge is 0.0925 e. The second kappa shape index (κ2) is 16.3. The summed E-state index contributed by atoms with van der Waals surface area (Å²) in [5.74, 6) is 3.89. The van der Waals surface area contributed by atoms with Crippen LogP contribution in [0.1, 0.15) is 11.4 Å². The Bertz CT molecular complexity index is 252. The van der Waals surface area contributed by atoms with Crippen LogP contribution in [-0.4, -0.2) is 34.6 Å². The first-order valence-electron chi connectivity index (χ1n) is 4.95. The summed E-state index contributed by atoms with van der Waals surface area (Å²) in [4.78, 5) is 7.48. The maximum Gasteiger partial charge on any atom is 0.0925 e. The Morgan fingerprint density at radius 2 is 1.56 bits per heavy atom. The number of nitrogens with two attached hydrogens (primary N) is 2. The highest BCUT2D eigenvalue weighted by Crippen LogP contribution is 2.17. The molecule has 4 nitrogen and oxygen atoms in total. The van der Waals surface area contributed by atoms with Gasteiger partial charge in [0, 0.05) is 41.8 Å². The lowest BCUT2D eigenvalue weighted by Crippen LogP contribution is -2.03. The Balaban J connectivity index is -0.000000750. The Labute approximate surface area is 149 Å². The van der Waals surface area contributed by atoms with Gasteiger partial charge in [-0.15, -0.1) is 50.9 Å². The van der Waals surface area contributed by atoms with Crippen LogP contribution in [0.25, 0.3) is 0 Å². The molecular formula is C9H21Br3N4S2. The molecule has 1 aromatic heterocycles. The molecule has 0 aliphatic rings. The third kappa shape index (κ3) is 10.1. The average Bonchev–Trinajstić information content (AvgIpc) is 2.67. The Morgan fingerprint density at radius 1 is 1.00 bits per heavy atom. The van der Waals surface area contributed by atoms with E-state index in [2.05, 4.69) is 9.97 Å². The Hall–Kier alpha value is 1.27. The zero-order valence-corrected chi connectivity index (χ0v) is 16.7. The van der Waals surface area contributed by atoms with Gasteiger partial charge in [-0.05, 0) is 0 Å². The first-order valence-corrected chi connectivity index (χ1v) is 7.26. The molecule has 5 N–H and O–H groups in total. The third-order valence-corrected chi connectivity index (χ3v) is 3.84. The van der Waals surface area contributed by atoms with E-state index in [4.69, 9.17) is 11.5 Å². The van der Waals surface area contributed by atoms with Crippen molar-refractivity contribution >= 4 is 74.5 Å². The van der Waals surface area contributed by atoms with Gasteiger partial charge >= 0.3 is 0 Å². The molecule has 0 fully saturated rings. The minimum absolute atomic E-state index is 0. The quantitative estimate of drug-likeness (QED) is 0.490. The lowest BCUT2D eigenvalue weighted by Gasteiger charge is -2.02. The summed E-state index contributed by atoms with van der Waals surface area (Å²) in [6.45, 7) is 1.46. The molecule has 1 rings (SSSR count). The Kier molecular flexibility index (Phi) is 22.0. The van der Waals surface area contributed by atoms with Gasteiger partial charge in [-0.2, -0.15) is 23.5 Å². The van der Waals surface area contributed by atoms with Gasteiger partial charge in [0.05, 0.1) is 12.0 Å². The number of imidazole rings is 1. The van der Waals surface area contributed by atoms with Crippen LogP contribution in [0, 0.1) is 0 Å². The standard InChI is InChI=1S/C9H18N4S2.3BrH/c10-1-3-14-5-8-9(13-7-12-8)6-15-4-2-11;;;/h7H,1-6,10-11H2,(H,12,13);3*1H. The van der Waals surface area contributed by atoms with Gasteiger partial charge in [0.15, 0.2) is 0 Å². The normalized spacial score (nSPS) is 9.00. The highest BCUT2D eigenvalue weighted by Gasteiger charge is 2.05. The van der Waals surface area contributed by atoms with Crippen LogP contribution in [-0.2, 0) is 11.5 Å². The van der Waals surface area contributed by atoms with Crippen molar-refractivity contribution in [1.82, 2.24) is 9.97 Å². The number of nitrogens with zero attached hydrogens (tertiary/aromatic N) is 1. The fraction of sp³-hybridized carbons (Fsp3) is 0.667. The summed E-state index contributed by atoms with van der Waals surface area (Å²) >= 11 is 3.66. The number of aromatic nitrogens is 2. The number of H-pyrrole nitrogens is 1. The molecule has 0 aliphatic heterocycles. The van der Waals surface area contributed by atoms with Crippen molar-refractivity contribution in [3.8, 4) is 0 Å². The van der Waals surface area contributed by atoms with Crippen molar-refractivity contribution in [2.45, 2.75) is 11.5 Å². The summed E-state index contributed by atoms with van der Waals surface area (Å²) < 4.78 is 0. The van der Waals surface area contributed by atoms with Crippen molar-refractivity contribution in [3.05, 3.63) is 17.7 Å². The molecule has 110 valence electrons. The molecule has 0 aromatic carbocycles. The second-order valence-corrected chi connectivity index (χ2v) is 5.22. The molecule has 0 radical (unpaired) electrons. The zero-order valence-electron chi connectivity index (χ0n) is 9.96. The fourth-order valence-electron chi connectivity index (χ4n) is 1.11. The van der Waals surface area contributed by atoms with Gasteiger partial charge < -0.3 is 16.5 Å². The van der Waals surface area contributed by atoms with E-state index in [-0.39, 0.29) is 50.9 Å². The van der Waals surface area contributed by atoms with Crippen LogP contribution in [0.15, 0.2) is 6.33 Å². The zero-order chi connectivity index (χ0) is 10.9. The van der Waals surface area contributed by atoms with Crippen molar-refractivity contribution in [2.75, 3.05) is 24.6 Å². The monoisotopic (exact) mass is 486 g/mol. The predicted molar refractivity (Wildman–Crippen MR) is 100.0 cm³/mol. The molecule has 0 bridgehead atoms. The first-order chi connectivity index (χ1) is 7.38. The number of thioether (sulfide) groups is 2. The van der Waals surface area contributed by atoms with E-state index in [9.17, 15) is 0 Å². The van der Waals surface area contributed by atoms with Crippen LogP contribution in [0.3, 0.4) is 0 Å².